The van der Waals surface area contributed by atoms with Gasteiger partial charge in [-0.1, -0.05) is 39.3 Å². The average Bonchev–Trinajstić information content (AvgIpc) is 3.58. The summed E-state index contributed by atoms with van der Waals surface area (Å²) in [5.74, 6) is -0.838. The van der Waals surface area contributed by atoms with Crippen LogP contribution in [-0.4, -0.2) is 197 Å². The molecule has 0 bridgehead atoms. The highest BCUT2D eigenvalue weighted by Crippen LogP contribution is 2.73. The van der Waals surface area contributed by atoms with Crippen LogP contribution in [-0.2, 0) is 37.9 Å². The molecule has 8 fully saturated rings. The van der Waals surface area contributed by atoms with E-state index in [9.17, 15) is 56.2 Å². The monoisotopic (exact) mass is 916 g/mol. The average molecular weight is 917 g/mol. The Morgan fingerprint density at radius 2 is 1.31 bits per heavy atom. The van der Waals surface area contributed by atoms with E-state index in [1.165, 1.54) is 6.92 Å². The molecule has 19 heteroatoms. The van der Waals surface area contributed by atoms with Crippen LogP contribution in [0.15, 0.2) is 11.6 Å². The SMILES string of the molecule is C[C@@H]1CC[C@@]2(OC1)O[C@H]1C[C@@]3(O)[C@@H]4CC=C5C[C@@H](O[C@@H]6O[C@H](CO)[C@@H](O)[C@H](O[C@@H]7O[C@H](CO)[C@@H](O)[C@H](O)[C@H]7O)[C@H]6O[C@@H]6O[C@@H](C)[C@H](O)[C@@H](O)[C@H]6O)CC[C@]5(C)[C@H]4CC[C@]3(C)[C@@]1(O)[C@@H]2C. The first-order valence-corrected chi connectivity index (χ1v) is 23.5. The number of ether oxygens (including phenoxy) is 8. The molecule has 1 spiro atoms. The fraction of sp³-hybridized carbons (Fsp3) is 0.956. The summed E-state index contributed by atoms with van der Waals surface area (Å²) in [6.07, 6.45) is -17.1. The summed E-state index contributed by atoms with van der Waals surface area (Å²) in [5.41, 5.74) is -2.50. The van der Waals surface area contributed by atoms with Gasteiger partial charge in [-0.2, -0.15) is 0 Å². The van der Waals surface area contributed by atoms with Crippen LogP contribution in [0.5, 0.6) is 0 Å². The van der Waals surface area contributed by atoms with Crippen LogP contribution in [0.3, 0.4) is 0 Å². The molecule has 0 aromatic rings. The van der Waals surface area contributed by atoms with E-state index in [1.807, 2.05) is 6.92 Å². The number of aliphatic hydroxyl groups is 11. The molecule has 4 aliphatic carbocycles. The summed E-state index contributed by atoms with van der Waals surface area (Å²) in [6.45, 7) is 9.02. The quantitative estimate of drug-likeness (QED) is 0.123. The first-order chi connectivity index (χ1) is 30.2. The number of fused-ring (bicyclic) bond motifs is 7. The molecule has 64 heavy (non-hydrogen) atoms. The molecular weight excluding hydrogens is 844 g/mol. The topological polar surface area (TPSA) is 296 Å². The van der Waals surface area contributed by atoms with Gasteiger partial charge in [0.25, 0.3) is 0 Å². The Morgan fingerprint density at radius 1 is 0.672 bits per heavy atom. The van der Waals surface area contributed by atoms with Crippen molar-refractivity contribution in [3.8, 4) is 0 Å². The van der Waals surface area contributed by atoms with E-state index in [0.29, 0.717) is 57.5 Å². The summed E-state index contributed by atoms with van der Waals surface area (Å²) in [5, 5.41) is 122. The van der Waals surface area contributed by atoms with Crippen LogP contribution in [0.25, 0.3) is 0 Å². The molecule has 3 saturated carbocycles. The molecule has 26 atom stereocenters. The van der Waals surface area contributed by atoms with Crippen LogP contribution in [0, 0.1) is 34.5 Å². The van der Waals surface area contributed by atoms with Crippen LogP contribution < -0.4 is 0 Å². The number of aliphatic hydroxyl groups excluding tert-OH is 9. The van der Waals surface area contributed by atoms with Gasteiger partial charge in [0.05, 0.1) is 43.7 Å². The van der Waals surface area contributed by atoms with Gasteiger partial charge < -0.3 is 94.1 Å². The highest BCUT2D eigenvalue weighted by atomic mass is 16.8. The molecule has 11 N–H and O–H groups in total. The Labute approximate surface area is 373 Å². The summed E-state index contributed by atoms with van der Waals surface area (Å²) < 4.78 is 49.7. The van der Waals surface area contributed by atoms with Crippen LogP contribution in [0.4, 0.5) is 0 Å². The Hall–Kier alpha value is -1.02. The van der Waals surface area contributed by atoms with Crippen molar-refractivity contribution in [3.05, 3.63) is 11.6 Å². The maximum Gasteiger partial charge on any atom is 0.187 e. The van der Waals surface area contributed by atoms with Crippen molar-refractivity contribution in [3.63, 3.8) is 0 Å². The summed E-state index contributed by atoms with van der Waals surface area (Å²) >= 11 is 0. The largest absolute Gasteiger partial charge is 0.394 e. The molecule has 0 aromatic carbocycles. The van der Waals surface area contributed by atoms with Gasteiger partial charge in [0.15, 0.2) is 24.7 Å². The van der Waals surface area contributed by atoms with Gasteiger partial charge in [-0.3, -0.25) is 0 Å². The lowest BCUT2D eigenvalue weighted by molar-refractivity contribution is -0.394. The van der Waals surface area contributed by atoms with Crippen molar-refractivity contribution in [2.75, 3.05) is 19.8 Å². The first-order valence-electron chi connectivity index (χ1n) is 23.5. The zero-order chi connectivity index (χ0) is 46.1. The number of hydrogen-bond acceptors (Lipinski definition) is 19. The summed E-state index contributed by atoms with van der Waals surface area (Å²) in [4.78, 5) is 0. The molecule has 0 aromatic heterocycles. The van der Waals surface area contributed by atoms with E-state index in [2.05, 4.69) is 26.8 Å². The molecule has 0 unspecified atom stereocenters. The number of rotatable bonds is 8. The second-order valence-corrected chi connectivity index (χ2v) is 21.3. The Balaban J connectivity index is 0.960. The molecule has 366 valence electrons. The van der Waals surface area contributed by atoms with Gasteiger partial charge >= 0.3 is 0 Å². The van der Waals surface area contributed by atoms with E-state index < -0.39 is 140 Å². The Kier molecular flexibility index (Phi) is 12.9. The normalized spacial score (nSPS) is 58.6. The molecule has 9 rings (SSSR count). The highest BCUT2D eigenvalue weighted by Gasteiger charge is 2.81. The third-order valence-electron chi connectivity index (χ3n) is 18.1. The van der Waals surface area contributed by atoms with Crippen molar-refractivity contribution in [1.82, 2.24) is 0 Å². The third kappa shape index (κ3) is 7.08. The Morgan fingerprint density at radius 3 is 1.98 bits per heavy atom. The molecule has 5 heterocycles. The fourth-order valence-corrected chi connectivity index (χ4v) is 13.9. The van der Waals surface area contributed by atoms with Crippen LogP contribution in [0.1, 0.15) is 92.4 Å². The molecule has 5 aliphatic heterocycles. The van der Waals surface area contributed by atoms with Gasteiger partial charge in [0, 0.05) is 24.2 Å². The van der Waals surface area contributed by atoms with Gasteiger partial charge in [-0.15, -0.1) is 0 Å². The minimum absolute atomic E-state index is 0.0888. The van der Waals surface area contributed by atoms with E-state index in [1.54, 1.807) is 0 Å². The molecular formula is C45H72O19. The van der Waals surface area contributed by atoms with E-state index >= 15 is 0 Å². The maximum atomic E-state index is 13.0. The molecule has 5 saturated heterocycles. The smallest absolute Gasteiger partial charge is 0.187 e. The fourth-order valence-electron chi connectivity index (χ4n) is 13.9. The lowest BCUT2D eigenvalue weighted by atomic mass is 9.44. The van der Waals surface area contributed by atoms with Crippen LogP contribution >= 0.6 is 0 Å². The van der Waals surface area contributed by atoms with E-state index in [0.717, 1.165) is 18.4 Å². The zero-order valence-corrected chi connectivity index (χ0v) is 37.4. The predicted molar refractivity (Wildman–Crippen MR) is 217 cm³/mol. The number of hydrogen-bond donors (Lipinski definition) is 11. The Bertz CT molecular complexity index is 1710. The van der Waals surface area contributed by atoms with Crippen molar-refractivity contribution >= 4 is 0 Å². The summed E-state index contributed by atoms with van der Waals surface area (Å²) in [7, 11) is 0. The maximum absolute atomic E-state index is 13.0. The van der Waals surface area contributed by atoms with Gasteiger partial charge in [0.1, 0.15) is 72.7 Å². The van der Waals surface area contributed by atoms with Crippen molar-refractivity contribution in [2.45, 2.75) is 214 Å². The van der Waals surface area contributed by atoms with Crippen molar-refractivity contribution < 1.29 is 94.1 Å². The van der Waals surface area contributed by atoms with E-state index in [4.69, 9.17) is 37.9 Å². The van der Waals surface area contributed by atoms with Crippen molar-refractivity contribution in [1.29, 1.82) is 0 Å². The lowest BCUT2D eigenvalue weighted by Crippen LogP contribution is -2.67. The van der Waals surface area contributed by atoms with Crippen molar-refractivity contribution in [2.24, 2.45) is 34.5 Å². The highest BCUT2D eigenvalue weighted by molar-refractivity contribution is 5.33. The molecule has 0 radical (unpaired) electrons. The number of allylic oxidation sites excluding steroid dienone is 1. The summed E-state index contributed by atoms with van der Waals surface area (Å²) in [6, 6.07) is 0. The second kappa shape index (κ2) is 17.1. The molecule has 0 amide bonds. The minimum Gasteiger partial charge on any atom is -0.394 e. The first kappa shape index (κ1) is 48.0. The van der Waals surface area contributed by atoms with Gasteiger partial charge in [-0.25, -0.2) is 0 Å². The van der Waals surface area contributed by atoms with E-state index in [-0.39, 0.29) is 23.2 Å². The predicted octanol–water partition coefficient (Wildman–Crippen LogP) is -1.56. The standard InChI is InChI=1S/C45H72O19/c1-19-8-13-44(57-18-19)21(3)45(56)28(64-44)15-43(55)25-7-6-22-14-23(9-11-41(22,4)24(25)10-12-42(43,45)5)59-40-37(63-38-34(53)32(51)29(48)20(2)58-38)36(31(50)27(17-47)61-40)62-39-35(54)33(52)30(49)26(16-46)60-39/h6,19-21,23-40,46-56H,7-18H2,1-5H3/t19-,20+,21-,23+,24+,25-,26-,27-,28+,29+,30-,31-,32-,33+,34-,35-,36+,37-,38+,39+,40-,41+,42+,43-,44-,45-/m1/s1. The van der Waals surface area contributed by atoms with Gasteiger partial charge in [-0.05, 0) is 75.0 Å². The lowest BCUT2D eigenvalue weighted by Gasteiger charge is -2.63. The third-order valence-corrected chi connectivity index (χ3v) is 18.1. The van der Waals surface area contributed by atoms with Crippen LogP contribution in [0.2, 0.25) is 0 Å². The molecule has 9 aliphatic rings. The van der Waals surface area contributed by atoms with Gasteiger partial charge in [0.2, 0.25) is 0 Å². The zero-order valence-electron chi connectivity index (χ0n) is 37.4. The minimum atomic E-state index is -1.88. The molecule has 19 nitrogen and oxygen atoms in total. The second-order valence-electron chi connectivity index (χ2n) is 21.3.